The van der Waals surface area contributed by atoms with Crippen LogP contribution in [0.4, 0.5) is 5.69 Å². The number of benzene rings is 1. The van der Waals surface area contributed by atoms with Gasteiger partial charge >= 0.3 is 0 Å². The predicted octanol–water partition coefficient (Wildman–Crippen LogP) is 1.65. The number of hydrogen-bond acceptors (Lipinski definition) is 4. The lowest BCUT2D eigenvalue weighted by molar-refractivity contribution is 0.389. The van der Waals surface area contributed by atoms with E-state index in [9.17, 15) is 0 Å². The monoisotopic (exact) mass is 236 g/mol. The van der Waals surface area contributed by atoms with Crippen LogP contribution in [0.2, 0.25) is 0 Å². The topological polar surface area (TPSA) is 42.5 Å². The Bertz CT molecular complexity index is 393. The lowest BCUT2D eigenvalue weighted by Gasteiger charge is -2.28. The van der Waals surface area contributed by atoms with Crippen molar-refractivity contribution in [2.24, 2.45) is 0 Å². The van der Waals surface area contributed by atoms with Gasteiger partial charge in [0.2, 0.25) is 0 Å². The predicted molar refractivity (Wildman–Crippen MR) is 69.2 cm³/mol. The zero-order valence-electron chi connectivity index (χ0n) is 10.7. The lowest BCUT2D eigenvalue weighted by Crippen LogP contribution is -2.34. The van der Waals surface area contributed by atoms with Gasteiger partial charge in [-0.1, -0.05) is 0 Å². The van der Waals surface area contributed by atoms with Gasteiger partial charge in [-0.05, 0) is 19.9 Å². The molecule has 1 aliphatic rings. The number of nitrogens with one attached hydrogen (secondary N) is 2. The largest absolute Gasteiger partial charge is 0.497 e. The molecule has 94 valence electrons. The SMILES string of the molecule is CNCC1CCc2c(cc(OC)cc2OC)N1. The molecule has 0 spiro atoms. The van der Waals surface area contributed by atoms with Gasteiger partial charge in [-0.3, -0.25) is 0 Å². The van der Waals surface area contributed by atoms with Gasteiger partial charge < -0.3 is 20.1 Å². The molecule has 4 nitrogen and oxygen atoms in total. The number of methoxy groups -OCH3 is 2. The summed E-state index contributed by atoms with van der Waals surface area (Å²) >= 11 is 0. The van der Waals surface area contributed by atoms with Crippen LogP contribution in [0.3, 0.4) is 0 Å². The summed E-state index contributed by atoms with van der Waals surface area (Å²) in [5, 5.41) is 6.73. The van der Waals surface area contributed by atoms with Gasteiger partial charge in [0.15, 0.2) is 0 Å². The van der Waals surface area contributed by atoms with Gasteiger partial charge in [-0.15, -0.1) is 0 Å². The maximum atomic E-state index is 5.41. The molecule has 2 N–H and O–H groups in total. The van der Waals surface area contributed by atoms with Crippen molar-refractivity contribution in [3.8, 4) is 11.5 Å². The van der Waals surface area contributed by atoms with E-state index in [1.807, 2.05) is 19.2 Å². The number of fused-ring (bicyclic) bond motifs is 1. The Balaban J connectivity index is 2.29. The highest BCUT2D eigenvalue weighted by Gasteiger charge is 2.21. The van der Waals surface area contributed by atoms with Crippen LogP contribution in [-0.4, -0.2) is 33.9 Å². The molecule has 1 aromatic rings. The molecule has 0 saturated heterocycles. The zero-order valence-corrected chi connectivity index (χ0v) is 10.7. The van der Waals surface area contributed by atoms with Gasteiger partial charge in [0.05, 0.1) is 14.2 Å². The van der Waals surface area contributed by atoms with Gasteiger partial charge in [0, 0.05) is 36.0 Å². The molecule has 0 radical (unpaired) electrons. The second kappa shape index (κ2) is 5.27. The summed E-state index contributed by atoms with van der Waals surface area (Å²) in [5.41, 5.74) is 2.38. The minimum absolute atomic E-state index is 0.476. The first kappa shape index (κ1) is 12.0. The highest BCUT2D eigenvalue weighted by molar-refractivity contribution is 5.63. The first-order chi connectivity index (χ1) is 8.28. The van der Waals surface area contributed by atoms with Crippen LogP contribution in [0.15, 0.2) is 12.1 Å². The molecule has 17 heavy (non-hydrogen) atoms. The molecule has 1 aliphatic heterocycles. The highest BCUT2D eigenvalue weighted by Crippen LogP contribution is 2.36. The van der Waals surface area contributed by atoms with E-state index in [1.54, 1.807) is 14.2 Å². The Morgan fingerprint density at radius 2 is 2.18 bits per heavy atom. The molecule has 4 heteroatoms. The first-order valence-corrected chi connectivity index (χ1v) is 5.94. The second-order valence-electron chi connectivity index (χ2n) is 4.29. The van der Waals surface area contributed by atoms with E-state index in [2.05, 4.69) is 10.6 Å². The van der Waals surface area contributed by atoms with Crippen molar-refractivity contribution >= 4 is 5.69 Å². The van der Waals surface area contributed by atoms with Crippen LogP contribution in [0.5, 0.6) is 11.5 Å². The van der Waals surface area contributed by atoms with Crippen LogP contribution in [-0.2, 0) is 6.42 Å². The summed E-state index contributed by atoms with van der Waals surface area (Å²) in [7, 11) is 5.35. The molecule has 0 bridgehead atoms. The molecule has 0 fully saturated rings. The molecule has 0 saturated carbocycles. The van der Waals surface area contributed by atoms with Crippen LogP contribution in [0.25, 0.3) is 0 Å². The first-order valence-electron chi connectivity index (χ1n) is 5.94. The highest BCUT2D eigenvalue weighted by atomic mass is 16.5. The van der Waals surface area contributed by atoms with Crippen molar-refractivity contribution in [3.63, 3.8) is 0 Å². The molecule has 0 aliphatic carbocycles. The van der Waals surface area contributed by atoms with E-state index in [1.165, 1.54) is 5.56 Å². The molecular formula is C13H20N2O2. The summed E-state index contributed by atoms with van der Waals surface area (Å²) in [6.07, 6.45) is 2.17. The molecular weight excluding hydrogens is 216 g/mol. The van der Waals surface area contributed by atoms with Crippen molar-refractivity contribution in [2.45, 2.75) is 18.9 Å². The fourth-order valence-electron chi connectivity index (χ4n) is 2.32. The average Bonchev–Trinajstić information content (AvgIpc) is 2.37. The Hall–Kier alpha value is -1.42. The van der Waals surface area contributed by atoms with Gasteiger partial charge in [0.1, 0.15) is 11.5 Å². The van der Waals surface area contributed by atoms with E-state index >= 15 is 0 Å². The van der Waals surface area contributed by atoms with Gasteiger partial charge in [-0.25, -0.2) is 0 Å². The van der Waals surface area contributed by atoms with E-state index in [0.29, 0.717) is 6.04 Å². The van der Waals surface area contributed by atoms with Crippen molar-refractivity contribution in [2.75, 3.05) is 33.1 Å². The smallest absolute Gasteiger partial charge is 0.127 e. The summed E-state index contributed by atoms with van der Waals surface area (Å²) in [5.74, 6) is 1.74. The average molecular weight is 236 g/mol. The zero-order chi connectivity index (χ0) is 12.3. The minimum atomic E-state index is 0.476. The molecule has 0 aromatic heterocycles. The molecule has 0 amide bonds. The molecule has 2 rings (SSSR count). The minimum Gasteiger partial charge on any atom is -0.497 e. The second-order valence-corrected chi connectivity index (χ2v) is 4.29. The third kappa shape index (κ3) is 2.47. The molecule has 1 atom stereocenters. The fourth-order valence-corrected chi connectivity index (χ4v) is 2.32. The van der Waals surface area contributed by atoms with Crippen molar-refractivity contribution in [3.05, 3.63) is 17.7 Å². The molecule has 1 aromatic carbocycles. The van der Waals surface area contributed by atoms with Crippen LogP contribution < -0.4 is 20.1 Å². The van der Waals surface area contributed by atoms with E-state index < -0.39 is 0 Å². The van der Waals surface area contributed by atoms with E-state index in [0.717, 1.165) is 36.6 Å². The quantitative estimate of drug-likeness (QED) is 0.834. The third-order valence-corrected chi connectivity index (χ3v) is 3.19. The maximum absolute atomic E-state index is 5.41. The number of likely N-dealkylation sites (N-methyl/N-ethyl adjacent to an activating group) is 1. The lowest BCUT2D eigenvalue weighted by atomic mass is 9.97. The standard InChI is InChI=1S/C13H20N2O2/c1-14-8-9-4-5-11-12(15-9)6-10(16-2)7-13(11)17-3/h6-7,9,14-15H,4-5,8H2,1-3H3. The van der Waals surface area contributed by atoms with Crippen LogP contribution in [0.1, 0.15) is 12.0 Å². The summed E-state index contributed by atoms with van der Waals surface area (Å²) in [6.45, 7) is 0.971. The van der Waals surface area contributed by atoms with Crippen molar-refractivity contribution < 1.29 is 9.47 Å². The van der Waals surface area contributed by atoms with Crippen molar-refractivity contribution in [1.29, 1.82) is 0 Å². The van der Waals surface area contributed by atoms with Crippen LogP contribution in [0, 0.1) is 0 Å². The van der Waals surface area contributed by atoms with Gasteiger partial charge in [-0.2, -0.15) is 0 Å². The normalized spacial score (nSPS) is 18.2. The maximum Gasteiger partial charge on any atom is 0.127 e. The Morgan fingerprint density at radius 1 is 1.35 bits per heavy atom. The Kier molecular flexibility index (Phi) is 3.74. The number of hydrogen-bond donors (Lipinski definition) is 2. The number of rotatable bonds is 4. The van der Waals surface area contributed by atoms with E-state index in [-0.39, 0.29) is 0 Å². The Morgan fingerprint density at radius 3 is 2.82 bits per heavy atom. The third-order valence-electron chi connectivity index (χ3n) is 3.19. The fraction of sp³-hybridized carbons (Fsp3) is 0.538. The summed E-state index contributed by atoms with van der Waals surface area (Å²) < 4.78 is 10.7. The molecule has 1 heterocycles. The summed E-state index contributed by atoms with van der Waals surface area (Å²) in [4.78, 5) is 0. The number of anilines is 1. The summed E-state index contributed by atoms with van der Waals surface area (Å²) in [6, 6.07) is 4.46. The van der Waals surface area contributed by atoms with Crippen LogP contribution >= 0.6 is 0 Å². The molecule has 1 unspecified atom stereocenters. The van der Waals surface area contributed by atoms with Gasteiger partial charge in [0.25, 0.3) is 0 Å². The van der Waals surface area contributed by atoms with E-state index in [4.69, 9.17) is 9.47 Å². The van der Waals surface area contributed by atoms with Crippen molar-refractivity contribution in [1.82, 2.24) is 5.32 Å². The Labute approximate surface area is 102 Å². The number of ether oxygens (including phenoxy) is 2.